The SMILES string of the molecule is FC(F)=CCCSCc1nsc(SCCC=C(F)F)n1. The minimum Gasteiger partial charge on any atom is -0.212 e. The fraction of sp³-hybridized carbons (Fsp3) is 0.455. The quantitative estimate of drug-likeness (QED) is 0.349. The van der Waals surface area contributed by atoms with Crippen molar-refractivity contribution in [2.75, 3.05) is 11.5 Å². The zero-order valence-electron chi connectivity index (χ0n) is 10.3. The Hall–Kier alpha value is -0.540. The average Bonchev–Trinajstić information content (AvgIpc) is 2.81. The van der Waals surface area contributed by atoms with Crippen molar-refractivity contribution < 1.29 is 17.6 Å². The van der Waals surface area contributed by atoms with E-state index in [-0.39, 0.29) is 6.42 Å². The molecule has 0 amide bonds. The Morgan fingerprint density at radius 3 is 2.35 bits per heavy atom. The van der Waals surface area contributed by atoms with E-state index in [0.717, 1.165) is 16.5 Å². The summed E-state index contributed by atoms with van der Waals surface area (Å²) < 4.78 is 52.0. The van der Waals surface area contributed by atoms with E-state index in [0.29, 0.717) is 29.5 Å². The summed E-state index contributed by atoms with van der Waals surface area (Å²) >= 11 is 4.09. The molecule has 20 heavy (non-hydrogen) atoms. The molecule has 112 valence electrons. The van der Waals surface area contributed by atoms with Crippen molar-refractivity contribution in [1.82, 2.24) is 9.36 Å². The van der Waals surface area contributed by atoms with Crippen LogP contribution in [0.2, 0.25) is 0 Å². The van der Waals surface area contributed by atoms with Crippen LogP contribution in [0.3, 0.4) is 0 Å². The molecule has 0 N–H and O–H groups in total. The second kappa shape index (κ2) is 10.2. The van der Waals surface area contributed by atoms with E-state index in [2.05, 4.69) is 9.36 Å². The van der Waals surface area contributed by atoms with E-state index in [4.69, 9.17) is 0 Å². The lowest BCUT2D eigenvalue weighted by Gasteiger charge is -1.94. The highest BCUT2D eigenvalue weighted by molar-refractivity contribution is 8.00. The van der Waals surface area contributed by atoms with Gasteiger partial charge >= 0.3 is 0 Å². The van der Waals surface area contributed by atoms with Crippen molar-refractivity contribution in [3.05, 3.63) is 30.1 Å². The van der Waals surface area contributed by atoms with Gasteiger partial charge in [-0.2, -0.15) is 33.7 Å². The Morgan fingerprint density at radius 1 is 1.05 bits per heavy atom. The zero-order valence-corrected chi connectivity index (χ0v) is 12.8. The summed E-state index contributed by atoms with van der Waals surface area (Å²) in [6.07, 6.45) is -0.950. The molecule has 0 unspecified atom stereocenters. The molecular formula is C11H12F4N2S3. The Balaban J connectivity index is 2.19. The van der Waals surface area contributed by atoms with E-state index in [1.807, 2.05) is 0 Å². The number of allylic oxidation sites excluding steroid dienone is 2. The molecule has 1 rings (SSSR count). The van der Waals surface area contributed by atoms with Gasteiger partial charge in [0.15, 0.2) is 10.2 Å². The molecule has 0 saturated carbocycles. The van der Waals surface area contributed by atoms with Crippen LogP contribution in [0.1, 0.15) is 18.7 Å². The highest BCUT2D eigenvalue weighted by Crippen LogP contribution is 2.23. The summed E-state index contributed by atoms with van der Waals surface area (Å²) in [5, 5.41) is 0. The van der Waals surface area contributed by atoms with E-state index < -0.39 is 12.2 Å². The Morgan fingerprint density at radius 2 is 1.70 bits per heavy atom. The van der Waals surface area contributed by atoms with Crippen molar-refractivity contribution in [1.29, 1.82) is 0 Å². The maximum atomic E-state index is 11.8. The van der Waals surface area contributed by atoms with Crippen LogP contribution in [0, 0.1) is 0 Å². The van der Waals surface area contributed by atoms with Gasteiger partial charge in [-0.1, -0.05) is 11.8 Å². The molecule has 1 aromatic heterocycles. The molecular weight excluding hydrogens is 332 g/mol. The third kappa shape index (κ3) is 8.60. The molecule has 9 heteroatoms. The smallest absolute Gasteiger partial charge is 0.212 e. The summed E-state index contributed by atoms with van der Waals surface area (Å²) in [6, 6.07) is 0. The molecule has 1 aromatic rings. The van der Waals surface area contributed by atoms with E-state index in [9.17, 15) is 17.6 Å². The van der Waals surface area contributed by atoms with Crippen LogP contribution in [0.25, 0.3) is 0 Å². The maximum Gasteiger partial charge on any atom is 0.266 e. The van der Waals surface area contributed by atoms with Gasteiger partial charge in [0.1, 0.15) is 0 Å². The number of thioether (sulfide) groups is 2. The van der Waals surface area contributed by atoms with Crippen LogP contribution in [-0.4, -0.2) is 20.9 Å². The first-order valence-corrected chi connectivity index (χ1v) is 8.54. The van der Waals surface area contributed by atoms with Crippen LogP contribution >= 0.6 is 35.1 Å². The number of aromatic nitrogens is 2. The largest absolute Gasteiger partial charge is 0.266 e. The van der Waals surface area contributed by atoms with Gasteiger partial charge in [-0.15, -0.1) is 0 Å². The minimum absolute atomic E-state index is 0.289. The summed E-state index contributed by atoms with van der Waals surface area (Å²) in [5.74, 6) is 2.33. The molecule has 0 aromatic carbocycles. The highest BCUT2D eigenvalue weighted by Gasteiger charge is 2.04. The lowest BCUT2D eigenvalue weighted by molar-refractivity contribution is 0.417. The zero-order chi connectivity index (χ0) is 14.8. The van der Waals surface area contributed by atoms with Crippen molar-refractivity contribution in [2.24, 2.45) is 0 Å². The third-order valence-electron chi connectivity index (χ3n) is 1.88. The predicted molar refractivity (Wildman–Crippen MR) is 76.6 cm³/mol. The van der Waals surface area contributed by atoms with Gasteiger partial charge in [0, 0.05) is 5.75 Å². The lowest BCUT2D eigenvalue weighted by Crippen LogP contribution is -1.85. The summed E-state index contributed by atoms with van der Waals surface area (Å²) in [7, 11) is 0. The molecule has 0 atom stereocenters. The monoisotopic (exact) mass is 344 g/mol. The van der Waals surface area contributed by atoms with Gasteiger partial charge in [-0.3, -0.25) is 0 Å². The van der Waals surface area contributed by atoms with Crippen LogP contribution < -0.4 is 0 Å². The molecule has 0 aliphatic carbocycles. The third-order valence-corrected chi connectivity index (χ3v) is 4.77. The van der Waals surface area contributed by atoms with Crippen molar-refractivity contribution in [2.45, 2.75) is 22.9 Å². The molecule has 0 fully saturated rings. The Kier molecular flexibility index (Phi) is 8.95. The minimum atomic E-state index is -1.67. The number of nitrogens with zero attached hydrogens (tertiary/aromatic N) is 2. The number of rotatable bonds is 9. The van der Waals surface area contributed by atoms with Crippen LogP contribution in [0.5, 0.6) is 0 Å². The van der Waals surface area contributed by atoms with Crippen LogP contribution in [0.4, 0.5) is 17.6 Å². The summed E-state index contributed by atoms with van der Waals surface area (Å²) in [5.41, 5.74) is 0. The Bertz CT molecular complexity index is 454. The van der Waals surface area contributed by atoms with Crippen LogP contribution in [-0.2, 0) is 5.75 Å². The molecule has 1 heterocycles. The van der Waals surface area contributed by atoms with Crippen molar-refractivity contribution in [3.8, 4) is 0 Å². The predicted octanol–water partition coefficient (Wildman–Crippen LogP) is 5.20. The second-order valence-electron chi connectivity index (χ2n) is 3.44. The van der Waals surface area contributed by atoms with Gasteiger partial charge in [-0.05, 0) is 42.3 Å². The molecule has 0 saturated heterocycles. The van der Waals surface area contributed by atoms with Gasteiger partial charge in [0.05, 0.1) is 5.75 Å². The summed E-state index contributed by atoms with van der Waals surface area (Å²) in [4.78, 5) is 4.24. The van der Waals surface area contributed by atoms with E-state index in [1.165, 1.54) is 35.1 Å². The van der Waals surface area contributed by atoms with Gasteiger partial charge in [0.2, 0.25) is 0 Å². The van der Waals surface area contributed by atoms with Crippen LogP contribution in [0.15, 0.2) is 28.7 Å². The van der Waals surface area contributed by atoms with Crippen molar-refractivity contribution in [3.63, 3.8) is 0 Å². The second-order valence-corrected chi connectivity index (χ2v) is 6.64. The average molecular weight is 344 g/mol. The van der Waals surface area contributed by atoms with E-state index in [1.54, 1.807) is 0 Å². The summed E-state index contributed by atoms with van der Waals surface area (Å²) in [6.45, 7) is 0. The fourth-order valence-electron chi connectivity index (χ4n) is 1.08. The maximum absolute atomic E-state index is 11.8. The van der Waals surface area contributed by atoms with Gasteiger partial charge in [-0.25, -0.2) is 4.98 Å². The number of hydrogen-bond donors (Lipinski definition) is 0. The molecule has 0 radical (unpaired) electrons. The van der Waals surface area contributed by atoms with E-state index >= 15 is 0 Å². The lowest BCUT2D eigenvalue weighted by atomic mass is 10.5. The standard InChI is InChI=1S/C11H12F4N2S3/c12-8(13)3-1-5-18-7-10-16-11(20-17-10)19-6-2-4-9(14)15/h3-4H,1-2,5-7H2. The van der Waals surface area contributed by atoms with Crippen molar-refractivity contribution >= 4 is 35.1 Å². The normalized spacial score (nSPS) is 10.4. The number of halogens is 4. The van der Waals surface area contributed by atoms with Gasteiger partial charge in [0.25, 0.3) is 12.2 Å². The fourth-order valence-corrected chi connectivity index (χ4v) is 3.49. The first-order chi connectivity index (χ1) is 9.58. The highest BCUT2D eigenvalue weighted by atomic mass is 32.2. The Labute approximate surface area is 126 Å². The molecule has 0 aliphatic heterocycles. The molecule has 0 aliphatic rings. The van der Waals surface area contributed by atoms with Gasteiger partial charge < -0.3 is 0 Å². The molecule has 0 bridgehead atoms. The topological polar surface area (TPSA) is 25.8 Å². The molecule has 2 nitrogen and oxygen atoms in total. The number of hydrogen-bond acceptors (Lipinski definition) is 5. The molecule has 0 spiro atoms. The first-order valence-electron chi connectivity index (χ1n) is 5.63. The first kappa shape index (κ1) is 17.5.